The van der Waals surface area contributed by atoms with Crippen LogP contribution < -0.4 is 4.74 Å². The molecule has 2 aromatic heterocycles. The molecule has 0 aliphatic rings. The summed E-state index contributed by atoms with van der Waals surface area (Å²) < 4.78 is 7.76. The Morgan fingerprint density at radius 2 is 1.92 bits per heavy atom. The van der Waals surface area contributed by atoms with Crippen molar-refractivity contribution in [1.29, 1.82) is 0 Å². The minimum atomic E-state index is 0.600. The lowest BCUT2D eigenvalue weighted by Crippen LogP contribution is -1.97. The van der Waals surface area contributed by atoms with Crippen molar-refractivity contribution >= 4 is 11.8 Å². The Hall–Kier alpha value is -2.55. The average Bonchev–Trinajstić information content (AvgIpc) is 2.94. The van der Waals surface area contributed by atoms with E-state index in [1.54, 1.807) is 0 Å². The van der Waals surface area contributed by atoms with Crippen LogP contribution in [-0.2, 0) is 6.42 Å². The van der Waals surface area contributed by atoms with Crippen LogP contribution in [0.1, 0.15) is 41.9 Å². The minimum absolute atomic E-state index is 0.600. The molecule has 0 spiro atoms. The van der Waals surface area contributed by atoms with Crippen LogP contribution in [0.5, 0.6) is 5.75 Å². The smallest absolute Gasteiger partial charge is 0.167 e. The number of pyridine rings is 1. The van der Waals surface area contributed by atoms with E-state index in [1.807, 2.05) is 29.7 Å². The van der Waals surface area contributed by atoms with Crippen molar-refractivity contribution in [2.75, 3.05) is 6.61 Å². The molecule has 0 atom stereocenters. The molecule has 2 heterocycles. The van der Waals surface area contributed by atoms with Gasteiger partial charge in [-0.25, -0.2) is 0 Å². The highest BCUT2D eigenvalue weighted by molar-refractivity contribution is 5.91. The zero-order valence-electron chi connectivity index (χ0n) is 14.5. The van der Waals surface area contributed by atoms with Gasteiger partial charge in [-0.05, 0) is 61.7 Å². The summed E-state index contributed by atoms with van der Waals surface area (Å²) in [6.45, 7) is 6.80. The van der Waals surface area contributed by atoms with Crippen LogP contribution in [0.15, 0.2) is 42.6 Å². The van der Waals surface area contributed by atoms with E-state index in [9.17, 15) is 4.79 Å². The van der Waals surface area contributed by atoms with Crippen LogP contribution in [0, 0.1) is 6.92 Å². The van der Waals surface area contributed by atoms with Crippen molar-refractivity contribution in [2.24, 2.45) is 0 Å². The first-order chi connectivity index (χ1) is 11.7. The second kappa shape index (κ2) is 6.91. The number of fused-ring (bicyclic) bond motifs is 1. The number of benzene rings is 1. The van der Waals surface area contributed by atoms with E-state index >= 15 is 0 Å². The molecule has 0 bridgehead atoms. The standard InChI is InChI=1S/C21H23NO2/c1-4-6-16-7-8-21(24-5-2)19(12-16)18-13-17-11-15(3)9-10-22(17)20(18)14-23/h7-14H,4-6H2,1-3H3. The van der Waals surface area contributed by atoms with Crippen LogP contribution >= 0.6 is 0 Å². The number of aryl methyl sites for hydroxylation is 2. The first-order valence-corrected chi connectivity index (χ1v) is 8.51. The van der Waals surface area contributed by atoms with Crippen molar-refractivity contribution in [3.63, 3.8) is 0 Å². The van der Waals surface area contributed by atoms with E-state index in [0.29, 0.717) is 12.3 Å². The van der Waals surface area contributed by atoms with E-state index in [1.165, 1.54) is 11.1 Å². The molecule has 3 aromatic rings. The Labute approximate surface area is 142 Å². The molecule has 0 radical (unpaired) electrons. The first-order valence-electron chi connectivity index (χ1n) is 8.51. The van der Waals surface area contributed by atoms with Gasteiger partial charge in [-0.2, -0.15) is 0 Å². The Morgan fingerprint density at radius 1 is 1.08 bits per heavy atom. The van der Waals surface area contributed by atoms with Gasteiger partial charge in [-0.1, -0.05) is 19.4 Å². The van der Waals surface area contributed by atoms with Gasteiger partial charge in [-0.3, -0.25) is 4.79 Å². The summed E-state index contributed by atoms with van der Waals surface area (Å²) in [5.41, 5.74) is 6.05. The molecule has 0 aliphatic heterocycles. The molecule has 3 nitrogen and oxygen atoms in total. The van der Waals surface area contributed by atoms with Gasteiger partial charge in [0.25, 0.3) is 0 Å². The monoisotopic (exact) mass is 321 g/mol. The molecular formula is C21H23NO2. The molecule has 3 rings (SSSR count). The van der Waals surface area contributed by atoms with Gasteiger partial charge in [0, 0.05) is 22.8 Å². The summed E-state index contributed by atoms with van der Waals surface area (Å²) >= 11 is 0. The summed E-state index contributed by atoms with van der Waals surface area (Å²) in [6, 6.07) is 12.5. The predicted octanol–water partition coefficient (Wildman–Crippen LogP) is 5.08. The fourth-order valence-corrected chi connectivity index (χ4v) is 3.16. The van der Waals surface area contributed by atoms with Gasteiger partial charge in [0.1, 0.15) is 5.75 Å². The highest BCUT2D eigenvalue weighted by Gasteiger charge is 2.16. The molecule has 0 saturated carbocycles. The number of ether oxygens (including phenoxy) is 1. The third kappa shape index (κ3) is 2.94. The molecular weight excluding hydrogens is 298 g/mol. The van der Waals surface area contributed by atoms with E-state index < -0.39 is 0 Å². The van der Waals surface area contributed by atoms with Crippen molar-refractivity contribution in [2.45, 2.75) is 33.6 Å². The SMILES string of the molecule is CCCc1ccc(OCC)c(-c2cc3cc(C)ccn3c2C=O)c1. The molecule has 24 heavy (non-hydrogen) atoms. The number of carbonyl (C=O) groups excluding carboxylic acids is 1. The summed E-state index contributed by atoms with van der Waals surface area (Å²) in [5, 5.41) is 0. The van der Waals surface area contributed by atoms with Crippen LogP contribution in [-0.4, -0.2) is 17.3 Å². The van der Waals surface area contributed by atoms with Crippen LogP contribution in [0.3, 0.4) is 0 Å². The van der Waals surface area contributed by atoms with Crippen molar-refractivity contribution in [1.82, 2.24) is 4.40 Å². The first kappa shape index (κ1) is 16.3. The molecule has 0 saturated heterocycles. The van der Waals surface area contributed by atoms with Crippen molar-refractivity contribution < 1.29 is 9.53 Å². The molecule has 0 unspecified atom stereocenters. The topological polar surface area (TPSA) is 30.7 Å². The van der Waals surface area contributed by atoms with Gasteiger partial charge in [0.2, 0.25) is 0 Å². The predicted molar refractivity (Wildman–Crippen MR) is 98.1 cm³/mol. The molecule has 124 valence electrons. The van der Waals surface area contributed by atoms with Gasteiger partial charge in [0.05, 0.1) is 12.3 Å². The largest absolute Gasteiger partial charge is 0.493 e. The molecule has 0 aliphatic carbocycles. The third-order valence-corrected chi connectivity index (χ3v) is 4.25. The van der Waals surface area contributed by atoms with Crippen molar-refractivity contribution in [3.8, 4) is 16.9 Å². The van der Waals surface area contributed by atoms with E-state index in [4.69, 9.17) is 4.74 Å². The van der Waals surface area contributed by atoms with E-state index in [-0.39, 0.29) is 0 Å². The Kier molecular flexibility index (Phi) is 4.70. The molecule has 1 aromatic carbocycles. The maximum absolute atomic E-state index is 11.8. The van der Waals surface area contributed by atoms with Crippen LogP contribution in [0.25, 0.3) is 16.6 Å². The van der Waals surface area contributed by atoms with Gasteiger partial charge < -0.3 is 9.14 Å². The van der Waals surface area contributed by atoms with E-state index in [2.05, 4.69) is 38.1 Å². The third-order valence-electron chi connectivity index (χ3n) is 4.25. The highest BCUT2D eigenvalue weighted by Crippen LogP contribution is 2.35. The fourth-order valence-electron chi connectivity index (χ4n) is 3.16. The van der Waals surface area contributed by atoms with Gasteiger partial charge in [-0.15, -0.1) is 0 Å². The number of rotatable bonds is 6. The lowest BCUT2D eigenvalue weighted by Gasteiger charge is -2.12. The second-order valence-corrected chi connectivity index (χ2v) is 6.07. The van der Waals surface area contributed by atoms with Gasteiger partial charge in [0.15, 0.2) is 6.29 Å². The summed E-state index contributed by atoms with van der Waals surface area (Å²) in [5.74, 6) is 0.827. The quantitative estimate of drug-likeness (QED) is 0.593. The molecule has 0 amide bonds. The molecule has 0 fully saturated rings. The Bertz CT molecular complexity index is 877. The number of aromatic nitrogens is 1. The average molecular weight is 321 g/mol. The maximum Gasteiger partial charge on any atom is 0.167 e. The fraction of sp³-hybridized carbons (Fsp3) is 0.286. The van der Waals surface area contributed by atoms with Crippen LogP contribution in [0.2, 0.25) is 0 Å². The highest BCUT2D eigenvalue weighted by atomic mass is 16.5. The number of hydrogen-bond donors (Lipinski definition) is 0. The Morgan fingerprint density at radius 3 is 2.62 bits per heavy atom. The second-order valence-electron chi connectivity index (χ2n) is 6.07. The number of carbonyl (C=O) groups is 1. The summed E-state index contributed by atoms with van der Waals surface area (Å²) in [7, 11) is 0. The zero-order valence-corrected chi connectivity index (χ0v) is 14.5. The zero-order chi connectivity index (χ0) is 17.1. The maximum atomic E-state index is 11.8. The Balaban J connectivity index is 2.24. The molecule has 3 heteroatoms. The number of nitrogens with zero attached hydrogens (tertiary/aromatic N) is 1. The molecule has 0 N–H and O–H groups in total. The number of hydrogen-bond acceptors (Lipinski definition) is 2. The number of aldehydes is 1. The van der Waals surface area contributed by atoms with Gasteiger partial charge >= 0.3 is 0 Å². The normalized spacial score (nSPS) is 11.0. The lowest BCUT2D eigenvalue weighted by atomic mass is 10.00. The minimum Gasteiger partial charge on any atom is -0.493 e. The summed E-state index contributed by atoms with van der Waals surface area (Å²) in [4.78, 5) is 11.8. The van der Waals surface area contributed by atoms with Crippen LogP contribution in [0.4, 0.5) is 0 Å². The van der Waals surface area contributed by atoms with E-state index in [0.717, 1.165) is 41.5 Å². The lowest BCUT2D eigenvalue weighted by molar-refractivity contribution is 0.111. The summed E-state index contributed by atoms with van der Waals surface area (Å²) in [6.07, 6.45) is 4.99. The van der Waals surface area contributed by atoms with Crippen molar-refractivity contribution in [3.05, 3.63) is 59.4 Å².